The van der Waals surface area contributed by atoms with E-state index in [0.717, 1.165) is 32.4 Å². The van der Waals surface area contributed by atoms with Gasteiger partial charge in [-0.3, -0.25) is 4.79 Å². The maximum atomic E-state index is 11.7. The van der Waals surface area contributed by atoms with Crippen LogP contribution in [0.5, 0.6) is 0 Å². The Hall–Kier alpha value is -1.35. The third-order valence-corrected chi connectivity index (χ3v) is 3.17. The fourth-order valence-electron chi connectivity index (χ4n) is 2.23. The van der Waals surface area contributed by atoms with Gasteiger partial charge in [0.25, 0.3) is 0 Å². The predicted molar refractivity (Wildman–Crippen MR) is 68.9 cm³/mol. The Morgan fingerprint density at radius 1 is 1.53 bits per heavy atom. The van der Waals surface area contributed by atoms with Gasteiger partial charge in [-0.05, 0) is 38.3 Å². The zero-order chi connectivity index (χ0) is 12.1. The highest BCUT2D eigenvalue weighted by molar-refractivity contribution is 5.81. The van der Waals surface area contributed by atoms with Gasteiger partial charge < -0.3 is 10.6 Å². The van der Waals surface area contributed by atoms with E-state index in [1.165, 1.54) is 11.1 Å². The summed E-state index contributed by atoms with van der Waals surface area (Å²) in [5, 5.41) is 6.19. The molecule has 1 aromatic rings. The molecule has 1 amide bonds. The molecule has 0 spiro atoms. The quantitative estimate of drug-likeness (QED) is 0.824. The van der Waals surface area contributed by atoms with Crippen molar-refractivity contribution >= 4 is 5.91 Å². The van der Waals surface area contributed by atoms with Crippen molar-refractivity contribution in [2.45, 2.75) is 32.2 Å². The van der Waals surface area contributed by atoms with Crippen molar-refractivity contribution in [2.24, 2.45) is 0 Å². The van der Waals surface area contributed by atoms with Gasteiger partial charge in [0.2, 0.25) is 5.91 Å². The number of amides is 1. The largest absolute Gasteiger partial charge is 0.354 e. The van der Waals surface area contributed by atoms with E-state index in [1.54, 1.807) is 0 Å². The smallest absolute Gasteiger partial charge is 0.237 e. The SMILES string of the molecule is Cc1cccc(CCNC(=O)[C@H]2CCCN2)c1. The molecule has 1 saturated heterocycles. The molecule has 92 valence electrons. The second kappa shape index (κ2) is 5.82. The van der Waals surface area contributed by atoms with Crippen LogP contribution in [0.4, 0.5) is 0 Å². The van der Waals surface area contributed by atoms with E-state index in [1.807, 2.05) is 0 Å². The molecule has 1 fully saturated rings. The summed E-state index contributed by atoms with van der Waals surface area (Å²) >= 11 is 0. The zero-order valence-electron chi connectivity index (χ0n) is 10.3. The fraction of sp³-hybridized carbons (Fsp3) is 0.500. The monoisotopic (exact) mass is 232 g/mol. The fourth-order valence-corrected chi connectivity index (χ4v) is 2.23. The van der Waals surface area contributed by atoms with Crippen LogP contribution in [0.2, 0.25) is 0 Å². The summed E-state index contributed by atoms with van der Waals surface area (Å²) in [5.41, 5.74) is 2.55. The molecule has 1 aliphatic heterocycles. The minimum atomic E-state index is 0.0347. The van der Waals surface area contributed by atoms with Crippen LogP contribution in [0.15, 0.2) is 24.3 Å². The average molecular weight is 232 g/mol. The Bertz CT molecular complexity index is 384. The number of carbonyl (C=O) groups is 1. The van der Waals surface area contributed by atoms with Crippen LogP contribution in [0.1, 0.15) is 24.0 Å². The molecule has 2 N–H and O–H groups in total. The Morgan fingerprint density at radius 2 is 2.41 bits per heavy atom. The van der Waals surface area contributed by atoms with Gasteiger partial charge in [-0.25, -0.2) is 0 Å². The van der Waals surface area contributed by atoms with Crippen LogP contribution < -0.4 is 10.6 Å². The summed E-state index contributed by atoms with van der Waals surface area (Å²) in [6.45, 7) is 3.78. The lowest BCUT2D eigenvalue weighted by atomic mass is 10.1. The molecule has 1 aliphatic rings. The van der Waals surface area contributed by atoms with Crippen LogP contribution in [-0.2, 0) is 11.2 Å². The molecule has 17 heavy (non-hydrogen) atoms. The Morgan fingerprint density at radius 3 is 3.12 bits per heavy atom. The highest BCUT2D eigenvalue weighted by atomic mass is 16.2. The first-order valence-electron chi connectivity index (χ1n) is 6.32. The summed E-state index contributed by atoms with van der Waals surface area (Å²) in [5.74, 6) is 0.148. The van der Waals surface area contributed by atoms with E-state index < -0.39 is 0 Å². The number of carbonyl (C=O) groups excluding carboxylic acids is 1. The first-order valence-corrected chi connectivity index (χ1v) is 6.32. The van der Waals surface area contributed by atoms with Crippen LogP contribution in [0.25, 0.3) is 0 Å². The Labute approximate surface area is 103 Å². The number of hydrogen-bond acceptors (Lipinski definition) is 2. The van der Waals surface area contributed by atoms with Gasteiger partial charge in [0.05, 0.1) is 6.04 Å². The minimum Gasteiger partial charge on any atom is -0.354 e. The molecule has 1 heterocycles. The molecule has 1 atom stereocenters. The number of hydrogen-bond donors (Lipinski definition) is 2. The summed E-state index contributed by atoms with van der Waals surface area (Å²) in [6, 6.07) is 8.45. The second-order valence-electron chi connectivity index (χ2n) is 4.68. The van der Waals surface area contributed by atoms with Crippen LogP contribution >= 0.6 is 0 Å². The first kappa shape index (κ1) is 12.1. The van der Waals surface area contributed by atoms with Crippen LogP contribution in [0.3, 0.4) is 0 Å². The van der Waals surface area contributed by atoms with Gasteiger partial charge >= 0.3 is 0 Å². The van der Waals surface area contributed by atoms with Crippen molar-refractivity contribution < 1.29 is 4.79 Å². The summed E-state index contributed by atoms with van der Waals surface area (Å²) in [4.78, 5) is 11.7. The Balaban J connectivity index is 1.73. The van der Waals surface area contributed by atoms with Gasteiger partial charge in [-0.15, -0.1) is 0 Å². The normalized spacial score (nSPS) is 19.2. The van der Waals surface area contributed by atoms with Crippen molar-refractivity contribution in [3.05, 3.63) is 35.4 Å². The van der Waals surface area contributed by atoms with Crippen LogP contribution in [-0.4, -0.2) is 25.0 Å². The van der Waals surface area contributed by atoms with E-state index in [4.69, 9.17) is 0 Å². The van der Waals surface area contributed by atoms with Crippen LogP contribution in [0, 0.1) is 6.92 Å². The number of rotatable bonds is 4. The summed E-state index contributed by atoms with van der Waals surface area (Å²) in [6.07, 6.45) is 2.98. The third kappa shape index (κ3) is 3.56. The second-order valence-corrected chi connectivity index (χ2v) is 4.68. The lowest BCUT2D eigenvalue weighted by Crippen LogP contribution is -2.41. The third-order valence-electron chi connectivity index (χ3n) is 3.17. The lowest BCUT2D eigenvalue weighted by Gasteiger charge is -2.11. The van der Waals surface area contributed by atoms with Crippen molar-refractivity contribution in [2.75, 3.05) is 13.1 Å². The first-order chi connectivity index (χ1) is 8.25. The van der Waals surface area contributed by atoms with Gasteiger partial charge in [0.1, 0.15) is 0 Å². The number of benzene rings is 1. The topological polar surface area (TPSA) is 41.1 Å². The van der Waals surface area contributed by atoms with E-state index in [-0.39, 0.29) is 11.9 Å². The average Bonchev–Trinajstić information content (AvgIpc) is 2.82. The highest BCUT2D eigenvalue weighted by Crippen LogP contribution is 2.06. The van der Waals surface area contributed by atoms with E-state index >= 15 is 0 Å². The maximum Gasteiger partial charge on any atom is 0.237 e. The summed E-state index contributed by atoms with van der Waals surface area (Å²) < 4.78 is 0. The molecule has 1 aromatic carbocycles. The van der Waals surface area contributed by atoms with Gasteiger partial charge in [-0.1, -0.05) is 29.8 Å². The van der Waals surface area contributed by atoms with Crippen molar-refractivity contribution in [3.63, 3.8) is 0 Å². The standard InChI is InChI=1S/C14H20N2O/c1-11-4-2-5-12(10-11)7-9-16-14(17)13-6-3-8-15-13/h2,4-5,10,13,15H,3,6-9H2,1H3,(H,16,17)/t13-/m1/s1. The van der Waals surface area contributed by atoms with Gasteiger partial charge in [0.15, 0.2) is 0 Å². The molecule has 0 aliphatic carbocycles. The molecule has 3 nitrogen and oxygen atoms in total. The molecule has 0 radical (unpaired) electrons. The highest BCUT2D eigenvalue weighted by Gasteiger charge is 2.20. The maximum absolute atomic E-state index is 11.7. The molecule has 0 bridgehead atoms. The zero-order valence-corrected chi connectivity index (χ0v) is 10.3. The molecule has 0 aromatic heterocycles. The summed E-state index contributed by atoms with van der Waals surface area (Å²) in [7, 11) is 0. The molecule has 3 heteroatoms. The molecule has 0 saturated carbocycles. The van der Waals surface area contributed by atoms with Crippen molar-refractivity contribution in [1.82, 2.24) is 10.6 Å². The molecular weight excluding hydrogens is 212 g/mol. The molecule has 0 unspecified atom stereocenters. The van der Waals surface area contributed by atoms with E-state index in [9.17, 15) is 4.79 Å². The van der Waals surface area contributed by atoms with Crippen molar-refractivity contribution in [3.8, 4) is 0 Å². The molecule has 2 rings (SSSR count). The van der Waals surface area contributed by atoms with E-state index in [0.29, 0.717) is 0 Å². The predicted octanol–water partition coefficient (Wildman–Crippen LogP) is 1.41. The Kier molecular flexibility index (Phi) is 4.15. The number of aryl methyl sites for hydroxylation is 1. The van der Waals surface area contributed by atoms with Gasteiger partial charge in [-0.2, -0.15) is 0 Å². The van der Waals surface area contributed by atoms with Gasteiger partial charge in [0, 0.05) is 6.54 Å². The number of nitrogens with one attached hydrogen (secondary N) is 2. The molecular formula is C14H20N2O. The minimum absolute atomic E-state index is 0.0347. The van der Waals surface area contributed by atoms with E-state index in [2.05, 4.69) is 41.8 Å². The van der Waals surface area contributed by atoms with Crippen molar-refractivity contribution in [1.29, 1.82) is 0 Å². The lowest BCUT2D eigenvalue weighted by molar-refractivity contribution is -0.122.